The van der Waals surface area contributed by atoms with E-state index in [2.05, 4.69) is 5.32 Å². The number of benzene rings is 1. The number of aliphatic carboxylic acids is 1. The molecule has 6 heteroatoms. The Morgan fingerprint density at radius 2 is 1.76 bits per heavy atom. The number of rotatable bonds is 4. The summed E-state index contributed by atoms with van der Waals surface area (Å²) in [6.45, 7) is -0.0600. The molecule has 2 bridgehead atoms. The maximum atomic E-state index is 12.4. The van der Waals surface area contributed by atoms with Gasteiger partial charge in [0.1, 0.15) is 0 Å². The third kappa shape index (κ3) is 2.52. The van der Waals surface area contributed by atoms with Crippen LogP contribution in [0.15, 0.2) is 24.3 Å². The first kappa shape index (κ1) is 14.0. The molecule has 2 aliphatic rings. The lowest BCUT2D eigenvalue weighted by Crippen LogP contribution is -2.40. The molecule has 2 saturated heterocycles. The van der Waals surface area contributed by atoms with Crippen molar-refractivity contribution in [2.45, 2.75) is 31.7 Å². The van der Waals surface area contributed by atoms with Gasteiger partial charge < -0.3 is 20.3 Å². The van der Waals surface area contributed by atoms with Gasteiger partial charge >= 0.3 is 5.97 Å². The predicted molar refractivity (Wildman–Crippen MR) is 73.5 cm³/mol. The molecule has 0 radical (unpaired) electrons. The van der Waals surface area contributed by atoms with Gasteiger partial charge in [0.05, 0.1) is 30.7 Å². The van der Waals surface area contributed by atoms with E-state index in [9.17, 15) is 14.7 Å². The van der Waals surface area contributed by atoms with Crippen molar-refractivity contribution in [1.29, 1.82) is 0 Å². The van der Waals surface area contributed by atoms with Crippen molar-refractivity contribution in [2.24, 2.45) is 11.8 Å². The van der Waals surface area contributed by atoms with E-state index in [1.54, 1.807) is 24.3 Å². The molecule has 0 aliphatic carbocycles. The molecule has 2 unspecified atom stereocenters. The number of carboxylic acid groups (broad SMARTS) is 1. The van der Waals surface area contributed by atoms with Gasteiger partial charge in [-0.25, -0.2) is 0 Å². The maximum Gasteiger partial charge on any atom is 0.310 e. The average Bonchev–Trinajstić information content (AvgIpc) is 3.08. The van der Waals surface area contributed by atoms with Crippen molar-refractivity contribution >= 4 is 17.6 Å². The normalized spacial score (nSPS) is 30.3. The monoisotopic (exact) mass is 291 g/mol. The fourth-order valence-electron chi connectivity index (χ4n) is 3.24. The second-order valence-electron chi connectivity index (χ2n) is 5.52. The van der Waals surface area contributed by atoms with Gasteiger partial charge in [-0.1, -0.05) is 12.1 Å². The van der Waals surface area contributed by atoms with Crippen LogP contribution in [0.2, 0.25) is 0 Å². The minimum Gasteiger partial charge on any atom is -0.481 e. The number of nitrogens with one attached hydrogen (secondary N) is 1. The summed E-state index contributed by atoms with van der Waals surface area (Å²) in [4.78, 5) is 23.7. The fraction of sp³-hybridized carbons (Fsp3) is 0.467. The zero-order valence-electron chi connectivity index (χ0n) is 11.4. The lowest BCUT2D eigenvalue weighted by molar-refractivity contribution is -0.147. The Morgan fingerprint density at radius 3 is 2.33 bits per heavy atom. The van der Waals surface area contributed by atoms with Gasteiger partial charge in [0.15, 0.2) is 0 Å². The number of aliphatic hydroxyl groups excluding tert-OH is 1. The Balaban J connectivity index is 1.73. The van der Waals surface area contributed by atoms with Crippen LogP contribution in [0.4, 0.5) is 5.69 Å². The molecule has 3 rings (SSSR count). The highest BCUT2D eigenvalue weighted by molar-refractivity contribution is 5.96. The largest absolute Gasteiger partial charge is 0.481 e. The first-order chi connectivity index (χ1) is 10.1. The number of carbonyl (C=O) groups excluding carboxylic acids is 1. The number of carbonyl (C=O) groups is 2. The number of hydrogen-bond acceptors (Lipinski definition) is 4. The molecule has 2 heterocycles. The summed E-state index contributed by atoms with van der Waals surface area (Å²) in [6, 6.07) is 6.80. The summed E-state index contributed by atoms with van der Waals surface area (Å²) in [7, 11) is 0. The van der Waals surface area contributed by atoms with Gasteiger partial charge in [-0.3, -0.25) is 9.59 Å². The lowest BCUT2D eigenvalue weighted by Gasteiger charge is -2.23. The van der Waals surface area contributed by atoms with Crippen molar-refractivity contribution in [3.8, 4) is 0 Å². The molecule has 3 N–H and O–H groups in total. The van der Waals surface area contributed by atoms with E-state index >= 15 is 0 Å². The number of fused-ring (bicyclic) bond motifs is 2. The van der Waals surface area contributed by atoms with Crippen molar-refractivity contribution in [3.63, 3.8) is 0 Å². The summed E-state index contributed by atoms with van der Waals surface area (Å²) < 4.78 is 5.58. The van der Waals surface area contributed by atoms with Crippen LogP contribution in [-0.4, -0.2) is 34.3 Å². The van der Waals surface area contributed by atoms with Crippen molar-refractivity contribution in [1.82, 2.24) is 0 Å². The van der Waals surface area contributed by atoms with Gasteiger partial charge in [-0.15, -0.1) is 0 Å². The Labute approximate surface area is 121 Å². The second-order valence-corrected chi connectivity index (χ2v) is 5.52. The molecule has 1 aromatic rings. The van der Waals surface area contributed by atoms with Crippen LogP contribution >= 0.6 is 0 Å². The summed E-state index contributed by atoms with van der Waals surface area (Å²) in [5.74, 6) is -2.69. The Hall–Kier alpha value is -1.92. The predicted octanol–water partition coefficient (Wildman–Crippen LogP) is 0.996. The number of aliphatic hydroxyl groups is 1. The van der Waals surface area contributed by atoms with E-state index < -0.39 is 17.8 Å². The molecule has 4 atom stereocenters. The molecule has 6 nitrogen and oxygen atoms in total. The molecule has 112 valence electrons. The van der Waals surface area contributed by atoms with Crippen LogP contribution in [0, 0.1) is 11.8 Å². The standard InChI is InChI=1S/C15H17NO5/c17-7-8-1-3-9(4-2-8)16-14(18)12-10-5-6-11(21-10)13(12)15(19)20/h1-4,10-13,17H,5-7H2,(H,16,18)(H,19,20)/t10-,11-,12?,13?/m1/s1. The van der Waals surface area contributed by atoms with Gasteiger partial charge in [0.25, 0.3) is 0 Å². The molecule has 2 aliphatic heterocycles. The zero-order chi connectivity index (χ0) is 15.0. The van der Waals surface area contributed by atoms with Crippen molar-refractivity contribution in [3.05, 3.63) is 29.8 Å². The van der Waals surface area contributed by atoms with E-state index in [1.807, 2.05) is 0 Å². The van der Waals surface area contributed by atoms with E-state index in [-0.39, 0.29) is 24.7 Å². The Kier molecular flexibility index (Phi) is 3.65. The van der Waals surface area contributed by atoms with Crippen LogP contribution in [-0.2, 0) is 20.9 Å². The Morgan fingerprint density at radius 1 is 1.14 bits per heavy atom. The van der Waals surface area contributed by atoms with Crippen LogP contribution in [0.1, 0.15) is 18.4 Å². The lowest BCUT2D eigenvalue weighted by atomic mass is 9.78. The molecule has 0 aromatic heterocycles. The highest BCUT2D eigenvalue weighted by Crippen LogP contribution is 2.44. The molecule has 1 amide bonds. The van der Waals surface area contributed by atoms with Gasteiger partial charge in [0, 0.05) is 5.69 Å². The minimum absolute atomic E-state index is 0.0600. The van der Waals surface area contributed by atoms with E-state index in [0.29, 0.717) is 12.1 Å². The minimum atomic E-state index is -0.974. The average molecular weight is 291 g/mol. The third-order valence-electron chi connectivity index (χ3n) is 4.27. The molecule has 21 heavy (non-hydrogen) atoms. The van der Waals surface area contributed by atoms with E-state index in [0.717, 1.165) is 12.0 Å². The van der Waals surface area contributed by atoms with Crippen LogP contribution in [0.25, 0.3) is 0 Å². The number of amides is 1. The number of hydrogen-bond donors (Lipinski definition) is 3. The SMILES string of the molecule is O=C(O)C1C(C(=O)Nc2ccc(CO)cc2)[C@H]2CC[C@H]1O2. The van der Waals surface area contributed by atoms with Crippen LogP contribution < -0.4 is 5.32 Å². The summed E-state index contributed by atoms with van der Waals surface area (Å²) in [5, 5.41) is 21.0. The summed E-state index contributed by atoms with van der Waals surface area (Å²) in [5.41, 5.74) is 1.34. The third-order valence-corrected chi connectivity index (χ3v) is 4.27. The van der Waals surface area contributed by atoms with Crippen molar-refractivity contribution in [2.75, 3.05) is 5.32 Å². The number of ether oxygens (including phenoxy) is 1. The zero-order valence-corrected chi connectivity index (χ0v) is 11.4. The molecule has 0 saturated carbocycles. The van der Waals surface area contributed by atoms with E-state index in [4.69, 9.17) is 9.84 Å². The highest BCUT2D eigenvalue weighted by atomic mass is 16.5. The highest BCUT2D eigenvalue weighted by Gasteiger charge is 2.55. The van der Waals surface area contributed by atoms with Crippen LogP contribution in [0.5, 0.6) is 0 Å². The van der Waals surface area contributed by atoms with Gasteiger partial charge in [-0.2, -0.15) is 0 Å². The van der Waals surface area contributed by atoms with Crippen molar-refractivity contribution < 1.29 is 24.5 Å². The smallest absolute Gasteiger partial charge is 0.310 e. The number of carboxylic acids is 1. The van der Waals surface area contributed by atoms with Gasteiger partial charge in [0.2, 0.25) is 5.91 Å². The maximum absolute atomic E-state index is 12.4. The molecular formula is C15H17NO5. The number of anilines is 1. The Bertz CT molecular complexity index is 556. The molecule has 1 aromatic carbocycles. The molecule has 2 fully saturated rings. The van der Waals surface area contributed by atoms with Crippen LogP contribution in [0.3, 0.4) is 0 Å². The summed E-state index contributed by atoms with van der Waals surface area (Å²) >= 11 is 0. The quantitative estimate of drug-likeness (QED) is 0.769. The van der Waals surface area contributed by atoms with Gasteiger partial charge in [-0.05, 0) is 30.5 Å². The first-order valence-corrected chi connectivity index (χ1v) is 6.99. The summed E-state index contributed by atoms with van der Waals surface area (Å²) in [6.07, 6.45) is 0.792. The van der Waals surface area contributed by atoms with E-state index in [1.165, 1.54) is 0 Å². The second kappa shape index (κ2) is 5.46. The first-order valence-electron chi connectivity index (χ1n) is 6.99. The fourth-order valence-corrected chi connectivity index (χ4v) is 3.24. The molecular weight excluding hydrogens is 274 g/mol. The topological polar surface area (TPSA) is 95.9 Å². The molecule has 0 spiro atoms.